The lowest BCUT2D eigenvalue weighted by molar-refractivity contribution is -0.135. The fourth-order valence-electron chi connectivity index (χ4n) is 9.88. The molecule has 4 aliphatic carbocycles. The summed E-state index contributed by atoms with van der Waals surface area (Å²) in [6.45, 7) is 10.0. The Morgan fingerprint density at radius 2 is 1.94 bits per heavy atom. The van der Waals surface area contributed by atoms with E-state index in [-0.39, 0.29) is 11.6 Å². The van der Waals surface area contributed by atoms with Crippen LogP contribution in [0.15, 0.2) is 28.4 Å². The molecule has 1 aliphatic heterocycles. The molecular weight excluding hydrogens is 448 g/mol. The number of rotatable bonds is 6. The van der Waals surface area contributed by atoms with Gasteiger partial charge in [0, 0.05) is 18.5 Å². The normalized spacial score (nSPS) is 43.4. The van der Waals surface area contributed by atoms with Crippen molar-refractivity contribution >= 4 is 0 Å². The van der Waals surface area contributed by atoms with Crippen LogP contribution in [0.5, 0.6) is 5.95 Å². The molecule has 0 radical (unpaired) electrons. The first-order valence-corrected chi connectivity index (χ1v) is 14.9. The summed E-state index contributed by atoms with van der Waals surface area (Å²) in [7, 11) is 0. The van der Waals surface area contributed by atoms with Crippen LogP contribution in [-0.4, -0.2) is 35.9 Å². The smallest absolute Gasteiger partial charge is 0.292 e. The highest BCUT2D eigenvalue weighted by atomic mass is 16.6. The number of furan rings is 1. The van der Waals surface area contributed by atoms with Gasteiger partial charge in [-0.25, -0.2) is 0 Å². The minimum atomic E-state index is -0.888. The molecule has 0 aromatic carbocycles. The van der Waals surface area contributed by atoms with E-state index in [4.69, 9.17) is 14.9 Å². The third-order valence-corrected chi connectivity index (χ3v) is 11.9. The molecule has 0 bridgehead atoms. The zero-order valence-corrected chi connectivity index (χ0v) is 22.8. The summed E-state index contributed by atoms with van der Waals surface area (Å²) in [5.74, 6) is 3.25. The van der Waals surface area contributed by atoms with Crippen LogP contribution in [0.4, 0.5) is 0 Å². The van der Waals surface area contributed by atoms with Crippen molar-refractivity contribution in [3.05, 3.63) is 29.5 Å². The lowest BCUT2D eigenvalue weighted by atomic mass is 9.45. The van der Waals surface area contributed by atoms with Gasteiger partial charge in [0.25, 0.3) is 5.95 Å². The molecule has 0 spiro atoms. The average molecular weight is 497 g/mol. The van der Waals surface area contributed by atoms with Crippen molar-refractivity contribution in [2.75, 3.05) is 19.6 Å². The summed E-state index contributed by atoms with van der Waals surface area (Å²) in [6.07, 6.45) is 17.1. The molecule has 3 saturated carbocycles. The Balaban J connectivity index is 1.26. The quantitative estimate of drug-likeness (QED) is 0.458. The molecule has 8 atom stereocenters. The van der Waals surface area contributed by atoms with Crippen molar-refractivity contribution < 1.29 is 14.3 Å². The number of likely N-dealkylation sites (tertiary alicyclic amines) is 1. The van der Waals surface area contributed by atoms with Crippen LogP contribution in [0.3, 0.4) is 0 Å². The fourth-order valence-corrected chi connectivity index (χ4v) is 9.88. The number of nitrogens with two attached hydrogens (primary N) is 1. The van der Waals surface area contributed by atoms with Gasteiger partial charge >= 0.3 is 0 Å². The lowest BCUT2D eigenvalue weighted by Gasteiger charge is -2.60. The SMILES string of the molecule is CC(Oc1occc1C1(O)CC[C@H]2[C@@H]3CCC4=CCC(CCN)C[C@]4(C)[C@@H]3CC[C@@]21C)N1CCCC1. The van der Waals surface area contributed by atoms with E-state index in [2.05, 4.69) is 31.7 Å². The molecule has 36 heavy (non-hydrogen) atoms. The third kappa shape index (κ3) is 3.66. The van der Waals surface area contributed by atoms with Gasteiger partial charge in [-0.05, 0) is 119 Å². The summed E-state index contributed by atoms with van der Waals surface area (Å²) in [5, 5.41) is 12.5. The second-order valence-electron chi connectivity index (χ2n) is 13.4. The number of fused-ring (bicyclic) bond motifs is 5. The van der Waals surface area contributed by atoms with E-state index in [9.17, 15) is 5.11 Å². The minimum Gasteiger partial charge on any atom is -0.446 e. The molecule has 5 nitrogen and oxygen atoms in total. The number of nitrogens with zero attached hydrogens (tertiary/aromatic N) is 1. The van der Waals surface area contributed by atoms with Gasteiger partial charge in [0.2, 0.25) is 0 Å². The maximum Gasteiger partial charge on any atom is 0.292 e. The van der Waals surface area contributed by atoms with Crippen LogP contribution in [0.1, 0.15) is 97.0 Å². The van der Waals surface area contributed by atoms with Gasteiger partial charge in [-0.15, -0.1) is 0 Å². The summed E-state index contributed by atoms with van der Waals surface area (Å²) in [5.41, 5.74) is 7.88. The topological polar surface area (TPSA) is 71.9 Å². The monoisotopic (exact) mass is 496 g/mol. The molecule has 1 aromatic rings. The van der Waals surface area contributed by atoms with Gasteiger partial charge in [0.1, 0.15) is 5.60 Å². The lowest BCUT2D eigenvalue weighted by Crippen LogP contribution is -2.54. The minimum absolute atomic E-state index is 0.0296. The zero-order chi connectivity index (χ0) is 25.1. The highest BCUT2D eigenvalue weighted by Gasteiger charge is 2.65. The van der Waals surface area contributed by atoms with E-state index in [1.807, 2.05) is 6.07 Å². The molecule has 0 amide bonds. The summed E-state index contributed by atoms with van der Waals surface area (Å²) >= 11 is 0. The predicted molar refractivity (Wildman–Crippen MR) is 142 cm³/mol. The van der Waals surface area contributed by atoms with Crippen LogP contribution >= 0.6 is 0 Å². The zero-order valence-electron chi connectivity index (χ0n) is 22.8. The van der Waals surface area contributed by atoms with Crippen LogP contribution in [0.25, 0.3) is 0 Å². The summed E-state index contributed by atoms with van der Waals surface area (Å²) in [4.78, 5) is 2.37. The number of hydrogen-bond donors (Lipinski definition) is 2. The van der Waals surface area contributed by atoms with E-state index < -0.39 is 5.60 Å². The van der Waals surface area contributed by atoms with Crippen LogP contribution in [-0.2, 0) is 5.60 Å². The van der Waals surface area contributed by atoms with Crippen LogP contribution in [0, 0.1) is 34.5 Å². The first-order valence-electron chi connectivity index (χ1n) is 14.9. The van der Waals surface area contributed by atoms with E-state index in [0.717, 1.165) is 62.7 Å². The highest BCUT2D eigenvalue weighted by Crippen LogP contribution is 2.70. The molecule has 3 N–H and O–H groups in total. The van der Waals surface area contributed by atoms with Gasteiger partial charge in [-0.2, -0.15) is 0 Å². The van der Waals surface area contributed by atoms with Crippen molar-refractivity contribution in [1.82, 2.24) is 4.90 Å². The second-order valence-corrected chi connectivity index (χ2v) is 13.4. The molecule has 1 saturated heterocycles. The van der Waals surface area contributed by atoms with Crippen LogP contribution in [0.2, 0.25) is 0 Å². The fraction of sp³-hybridized carbons (Fsp3) is 0.806. The van der Waals surface area contributed by atoms with E-state index >= 15 is 0 Å². The number of allylic oxidation sites excluding steroid dienone is 2. The van der Waals surface area contributed by atoms with Gasteiger partial charge in [0.05, 0.1) is 11.8 Å². The Kier molecular flexibility index (Phi) is 6.37. The first kappa shape index (κ1) is 25.0. The Morgan fingerprint density at radius 3 is 2.72 bits per heavy atom. The number of aliphatic hydroxyl groups is 1. The Hall–Kier alpha value is -1.30. The Morgan fingerprint density at radius 1 is 1.17 bits per heavy atom. The Bertz CT molecular complexity index is 982. The second kappa shape index (κ2) is 9.17. The average Bonchev–Trinajstić information content (AvgIpc) is 3.60. The van der Waals surface area contributed by atoms with E-state index in [1.165, 1.54) is 44.9 Å². The molecule has 2 heterocycles. The van der Waals surface area contributed by atoms with E-state index in [1.54, 1.807) is 11.8 Å². The molecule has 5 aliphatic rings. The summed E-state index contributed by atoms with van der Waals surface area (Å²) in [6, 6.07) is 1.99. The van der Waals surface area contributed by atoms with Gasteiger partial charge in [-0.3, -0.25) is 4.90 Å². The van der Waals surface area contributed by atoms with Gasteiger partial charge < -0.3 is 20.0 Å². The molecule has 5 heteroatoms. The van der Waals surface area contributed by atoms with Gasteiger partial charge in [0.15, 0.2) is 6.23 Å². The molecule has 6 rings (SSSR count). The largest absolute Gasteiger partial charge is 0.446 e. The van der Waals surface area contributed by atoms with Crippen molar-refractivity contribution in [2.45, 2.75) is 103 Å². The highest BCUT2D eigenvalue weighted by molar-refractivity contribution is 5.36. The molecule has 4 fully saturated rings. The Labute approximate surface area is 217 Å². The van der Waals surface area contributed by atoms with Crippen molar-refractivity contribution in [2.24, 2.45) is 40.2 Å². The third-order valence-electron chi connectivity index (χ3n) is 11.9. The van der Waals surface area contributed by atoms with Crippen molar-refractivity contribution in [3.63, 3.8) is 0 Å². The van der Waals surface area contributed by atoms with Crippen LogP contribution < -0.4 is 10.5 Å². The molecule has 1 aromatic heterocycles. The molecule has 200 valence electrons. The summed E-state index contributed by atoms with van der Waals surface area (Å²) < 4.78 is 12.3. The van der Waals surface area contributed by atoms with Crippen molar-refractivity contribution in [3.8, 4) is 5.95 Å². The number of hydrogen-bond acceptors (Lipinski definition) is 5. The first-order chi connectivity index (χ1) is 17.3. The predicted octanol–water partition coefficient (Wildman–Crippen LogP) is 6.22. The maximum absolute atomic E-state index is 12.5. The van der Waals surface area contributed by atoms with Gasteiger partial charge in [-0.1, -0.05) is 25.5 Å². The molecular formula is C31H48N2O3. The molecule has 3 unspecified atom stereocenters. The number of ether oxygens (including phenoxy) is 1. The maximum atomic E-state index is 12.5. The van der Waals surface area contributed by atoms with Crippen molar-refractivity contribution in [1.29, 1.82) is 0 Å². The standard InChI is InChI=1S/C31H48N2O3/c1-21(33-17-4-5-18-33)36-28-27(13-19-35-28)31(34)15-11-26-24-9-8-23-7-6-22(12-16-32)20-29(23,2)25(24)10-14-30(26,31)3/h7,13,19,21-22,24-26,34H,4-6,8-12,14-18,20,32H2,1-3H3/t21?,22?,24-,25-,26+,29+,30+,31?/m1/s1. The van der Waals surface area contributed by atoms with E-state index in [0.29, 0.717) is 23.2 Å².